The van der Waals surface area contributed by atoms with Crippen LogP contribution in [0.2, 0.25) is 0 Å². The molecule has 2 amide bonds. The highest BCUT2D eigenvalue weighted by Crippen LogP contribution is 2.48. The van der Waals surface area contributed by atoms with Crippen LogP contribution in [-0.2, 0) is 4.79 Å². The van der Waals surface area contributed by atoms with Crippen molar-refractivity contribution < 1.29 is 19.1 Å². The largest absolute Gasteiger partial charge is 0.497 e. The Hall–Kier alpha value is -1.99. The number of ether oxygens (including phenoxy) is 2. The molecule has 3 fully saturated rings. The van der Waals surface area contributed by atoms with E-state index in [0.29, 0.717) is 55.1 Å². The van der Waals surface area contributed by atoms with Crippen LogP contribution in [0.15, 0.2) is 18.2 Å². The van der Waals surface area contributed by atoms with Gasteiger partial charge in [0.25, 0.3) is 5.91 Å². The number of halogens is 1. The molecule has 2 aliphatic carbocycles. The first-order valence-corrected chi connectivity index (χ1v) is 10.1. The Bertz CT molecular complexity index is 764. The number of fused-ring (bicyclic) bond motifs is 2. The minimum Gasteiger partial charge on any atom is -0.497 e. The number of carbonyl (C=O) groups excluding carboxylic acids is 2. The fourth-order valence-corrected chi connectivity index (χ4v) is 5.19. The van der Waals surface area contributed by atoms with Gasteiger partial charge in [0.15, 0.2) is 0 Å². The van der Waals surface area contributed by atoms with E-state index in [9.17, 15) is 9.59 Å². The average molecular weight is 424 g/mol. The molecular weight excluding hydrogens is 394 g/mol. The normalized spacial score (nSPS) is 28.1. The van der Waals surface area contributed by atoms with Gasteiger partial charge in [-0.3, -0.25) is 9.59 Å². The summed E-state index contributed by atoms with van der Waals surface area (Å²) < 4.78 is 10.6. The van der Waals surface area contributed by atoms with E-state index in [-0.39, 0.29) is 36.2 Å². The first kappa shape index (κ1) is 21.7. The molecule has 160 valence electrons. The zero-order valence-electron chi connectivity index (χ0n) is 17.0. The molecule has 0 spiro atoms. The van der Waals surface area contributed by atoms with E-state index in [1.807, 2.05) is 4.90 Å². The van der Waals surface area contributed by atoms with E-state index in [0.717, 1.165) is 12.8 Å². The number of methoxy groups -OCH3 is 2. The number of carbonyl (C=O) groups is 2. The number of hydrogen-bond donors (Lipinski definition) is 1. The molecule has 1 aromatic rings. The Labute approximate surface area is 177 Å². The van der Waals surface area contributed by atoms with Gasteiger partial charge < -0.3 is 25.0 Å². The lowest BCUT2D eigenvalue weighted by Crippen LogP contribution is -2.54. The van der Waals surface area contributed by atoms with Crippen molar-refractivity contribution >= 4 is 24.2 Å². The molecule has 2 saturated carbocycles. The average Bonchev–Trinajstić information content (AvgIpc) is 3.33. The van der Waals surface area contributed by atoms with Crippen LogP contribution >= 0.6 is 12.4 Å². The predicted octanol–water partition coefficient (Wildman–Crippen LogP) is 1.78. The molecule has 1 saturated heterocycles. The van der Waals surface area contributed by atoms with Gasteiger partial charge in [-0.1, -0.05) is 0 Å². The minimum absolute atomic E-state index is 0. The molecule has 7 nitrogen and oxygen atoms in total. The summed E-state index contributed by atoms with van der Waals surface area (Å²) in [7, 11) is 3.12. The molecule has 29 heavy (non-hydrogen) atoms. The highest BCUT2D eigenvalue weighted by atomic mass is 35.5. The first-order chi connectivity index (χ1) is 13.5. The van der Waals surface area contributed by atoms with Gasteiger partial charge in [0.2, 0.25) is 5.91 Å². The van der Waals surface area contributed by atoms with E-state index in [1.165, 1.54) is 6.42 Å². The maximum Gasteiger partial charge on any atom is 0.257 e. The lowest BCUT2D eigenvalue weighted by atomic mass is 9.84. The molecule has 1 heterocycles. The van der Waals surface area contributed by atoms with Gasteiger partial charge in [0, 0.05) is 38.3 Å². The Kier molecular flexibility index (Phi) is 6.58. The number of rotatable bonds is 4. The van der Waals surface area contributed by atoms with Crippen molar-refractivity contribution in [3.63, 3.8) is 0 Å². The van der Waals surface area contributed by atoms with Crippen LogP contribution in [0.25, 0.3) is 0 Å². The number of nitrogens with two attached hydrogens (primary N) is 1. The van der Waals surface area contributed by atoms with Crippen molar-refractivity contribution in [2.24, 2.45) is 23.5 Å². The molecule has 4 unspecified atom stereocenters. The molecule has 4 rings (SSSR count). The second kappa shape index (κ2) is 8.79. The number of benzene rings is 1. The summed E-state index contributed by atoms with van der Waals surface area (Å²) in [4.78, 5) is 29.7. The van der Waals surface area contributed by atoms with Crippen LogP contribution in [0, 0.1) is 17.8 Å². The summed E-state index contributed by atoms with van der Waals surface area (Å²) in [5, 5.41) is 0. The molecule has 1 aliphatic heterocycles. The highest BCUT2D eigenvalue weighted by molar-refractivity contribution is 5.97. The molecule has 3 aliphatic rings. The van der Waals surface area contributed by atoms with Crippen molar-refractivity contribution in [1.29, 1.82) is 0 Å². The smallest absolute Gasteiger partial charge is 0.257 e. The maximum atomic E-state index is 13.0. The van der Waals surface area contributed by atoms with Gasteiger partial charge in [0.05, 0.1) is 25.7 Å². The van der Waals surface area contributed by atoms with Gasteiger partial charge in [-0.05, 0) is 43.2 Å². The van der Waals surface area contributed by atoms with E-state index in [1.54, 1.807) is 37.3 Å². The zero-order valence-corrected chi connectivity index (χ0v) is 17.8. The van der Waals surface area contributed by atoms with Gasteiger partial charge in [-0.2, -0.15) is 0 Å². The molecule has 0 radical (unpaired) electrons. The van der Waals surface area contributed by atoms with Gasteiger partial charge in [-0.25, -0.2) is 0 Å². The van der Waals surface area contributed by atoms with Crippen molar-refractivity contribution in [2.45, 2.75) is 25.3 Å². The van der Waals surface area contributed by atoms with Crippen molar-refractivity contribution in [1.82, 2.24) is 9.80 Å². The summed E-state index contributed by atoms with van der Waals surface area (Å²) in [6.45, 7) is 2.17. The van der Waals surface area contributed by atoms with E-state index >= 15 is 0 Å². The van der Waals surface area contributed by atoms with Crippen molar-refractivity contribution in [3.05, 3.63) is 23.8 Å². The number of amides is 2. The minimum atomic E-state index is -0.0803. The quantitative estimate of drug-likeness (QED) is 0.797. The first-order valence-electron chi connectivity index (χ1n) is 10.1. The molecule has 2 bridgehead atoms. The highest BCUT2D eigenvalue weighted by Gasteiger charge is 2.50. The van der Waals surface area contributed by atoms with Crippen LogP contribution in [0.5, 0.6) is 11.5 Å². The predicted molar refractivity (Wildman–Crippen MR) is 112 cm³/mol. The molecular formula is C21H30ClN3O4. The van der Waals surface area contributed by atoms with E-state index < -0.39 is 0 Å². The number of hydrogen-bond acceptors (Lipinski definition) is 5. The summed E-state index contributed by atoms with van der Waals surface area (Å²) in [6, 6.07) is 5.20. The molecule has 1 aromatic carbocycles. The summed E-state index contributed by atoms with van der Waals surface area (Å²) in [5.74, 6) is 2.20. The number of nitrogens with zero attached hydrogens (tertiary/aromatic N) is 2. The van der Waals surface area contributed by atoms with Crippen LogP contribution in [-0.4, -0.2) is 68.1 Å². The third kappa shape index (κ3) is 3.90. The van der Waals surface area contributed by atoms with Crippen molar-refractivity contribution in [3.8, 4) is 11.5 Å². The molecule has 4 atom stereocenters. The Morgan fingerprint density at radius 1 is 1.00 bits per heavy atom. The molecule has 2 N–H and O–H groups in total. The van der Waals surface area contributed by atoms with Crippen LogP contribution < -0.4 is 15.2 Å². The van der Waals surface area contributed by atoms with Crippen LogP contribution in [0.1, 0.15) is 29.6 Å². The molecule has 0 aromatic heterocycles. The zero-order chi connectivity index (χ0) is 19.8. The SMILES string of the molecule is COc1ccc(C(=O)N2CCN(C(=O)C3C4CCC(C4)C3N)CC2)c(OC)c1.Cl. The van der Waals surface area contributed by atoms with E-state index in [4.69, 9.17) is 15.2 Å². The topological polar surface area (TPSA) is 85.1 Å². The van der Waals surface area contributed by atoms with Gasteiger partial charge in [0.1, 0.15) is 11.5 Å². The second-order valence-electron chi connectivity index (χ2n) is 8.12. The van der Waals surface area contributed by atoms with Gasteiger partial charge in [-0.15, -0.1) is 12.4 Å². The Balaban J connectivity index is 0.00000240. The Morgan fingerprint density at radius 2 is 1.66 bits per heavy atom. The lowest BCUT2D eigenvalue weighted by molar-refractivity contribution is -0.139. The fourth-order valence-electron chi connectivity index (χ4n) is 5.19. The van der Waals surface area contributed by atoms with Crippen LogP contribution in [0.4, 0.5) is 0 Å². The van der Waals surface area contributed by atoms with E-state index in [2.05, 4.69) is 0 Å². The lowest BCUT2D eigenvalue weighted by Gasteiger charge is -2.38. The standard InChI is InChI=1S/C21H29N3O4.ClH/c1-27-15-5-6-16(17(12-15)28-2)20(25)23-7-9-24(10-8-23)21(26)18-13-3-4-14(11-13)19(18)22;/h5-6,12-14,18-19H,3-4,7-11,22H2,1-2H3;1H. The van der Waals surface area contributed by atoms with Gasteiger partial charge >= 0.3 is 0 Å². The summed E-state index contributed by atoms with van der Waals surface area (Å²) in [6.07, 6.45) is 3.40. The summed E-state index contributed by atoms with van der Waals surface area (Å²) >= 11 is 0. The monoisotopic (exact) mass is 423 g/mol. The maximum absolute atomic E-state index is 13.0. The third-order valence-electron chi connectivity index (χ3n) is 6.78. The Morgan fingerprint density at radius 3 is 2.24 bits per heavy atom. The van der Waals surface area contributed by atoms with Crippen molar-refractivity contribution in [2.75, 3.05) is 40.4 Å². The summed E-state index contributed by atoms with van der Waals surface area (Å²) in [5.41, 5.74) is 6.85. The fraction of sp³-hybridized carbons (Fsp3) is 0.619. The molecule has 8 heteroatoms. The van der Waals surface area contributed by atoms with Crippen LogP contribution in [0.3, 0.4) is 0 Å². The number of piperazine rings is 1. The third-order valence-corrected chi connectivity index (χ3v) is 6.78. The second-order valence-corrected chi connectivity index (χ2v) is 8.12.